The van der Waals surface area contributed by atoms with Gasteiger partial charge in [0.15, 0.2) is 0 Å². The largest absolute Gasteiger partial charge is 0.478 e. The van der Waals surface area contributed by atoms with Crippen LogP contribution < -0.4 is 0 Å². The summed E-state index contributed by atoms with van der Waals surface area (Å²) in [4.78, 5) is 10.9. The fourth-order valence-electron chi connectivity index (χ4n) is 2.03. The van der Waals surface area contributed by atoms with Crippen molar-refractivity contribution in [1.82, 2.24) is 14.9 Å². The van der Waals surface area contributed by atoms with Gasteiger partial charge in [-0.1, -0.05) is 10.3 Å². The van der Waals surface area contributed by atoms with Gasteiger partial charge in [-0.05, 0) is 31.2 Å². The van der Waals surface area contributed by atoms with Crippen molar-refractivity contribution < 1.29 is 14.5 Å². The highest BCUT2D eigenvalue weighted by Gasteiger charge is 2.10. The number of hydrogen-bond donors (Lipinski definition) is 1. The topological polar surface area (TPSA) is 81.2 Å². The predicted octanol–water partition coefficient (Wildman–Crippen LogP) is 2.08. The minimum absolute atomic E-state index is 0.282. The molecular formula is C13H11N3O3. The molecule has 96 valence electrons. The summed E-state index contributed by atoms with van der Waals surface area (Å²) in [6.07, 6.45) is 1.89. The number of aromatic carboxylic acids is 1. The Balaban J connectivity index is 2.02. The van der Waals surface area contributed by atoms with E-state index in [-0.39, 0.29) is 5.56 Å². The Morgan fingerprint density at radius 1 is 1.37 bits per heavy atom. The molecule has 0 saturated carbocycles. The molecule has 3 rings (SSSR count). The van der Waals surface area contributed by atoms with Gasteiger partial charge in [-0.3, -0.25) is 0 Å². The molecule has 0 aliphatic heterocycles. The van der Waals surface area contributed by atoms with Crippen LogP contribution in [-0.2, 0) is 6.54 Å². The second kappa shape index (κ2) is 4.24. The lowest BCUT2D eigenvalue weighted by Gasteiger charge is -2.03. The first-order valence-corrected chi connectivity index (χ1v) is 5.75. The smallest absolute Gasteiger partial charge is 0.335 e. The summed E-state index contributed by atoms with van der Waals surface area (Å²) >= 11 is 0. The van der Waals surface area contributed by atoms with Gasteiger partial charge in [-0.2, -0.15) is 0 Å². The first-order chi connectivity index (χ1) is 9.15. The number of aromatic nitrogens is 3. The summed E-state index contributed by atoms with van der Waals surface area (Å²) in [5.41, 5.74) is 2.75. The summed E-state index contributed by atoms with van der Waals surface area (Å²) in [5.74, 6) is -0.925. The van der Waals surface area contributed by atoms with Gasteiger partial charge in [0, 0.05) is 17.1 Å². The lowest BCUT2D eigenvalue weighted by molar-refractivity contribution is 0.0697. The zero-order valence-corrected chi connectivity index (χ0v) is 10.2. The van der Waals surface area contributed by atoms with Gasteiger partial charge in [-0.15, -0.1) is 0 Å². The monoisotopic (exact) mass is 257 g/mol. The second-order valence-electron chi connectivity index (χ2n) is 4.32. The Morgan fingerprint density at radius 3 is 2.89 bits per heavy atom. The van der Waals surface area contributed by atoms with E-state index in [1.54, 1.807) is 18.2 Å². The molecular weight excluding hydrogens is 246 g/mol. The van der Waals surface area contributed by atoms with Gasteiger partial charge in [0.2, 0.25) is 0 Å². The number of carboxylic acids is 1. The summed E-state index contributed by atoms with van der Waals surface area (Å²) in [6.45, 7) is 2.38. The SMILES string of the molecule is Cc1nonc1Cn1ccc2cc(C(=O)O)ccc21. The maximum absolute atomic E-state index is 10.9. The maximum Gasteiger partial charge on any atom is 0.335 e. The Morgan fingerprint density at radius 2 is 2.21 bits per heavy atom. The number of fused-ring (bicyclic) bond motifs is 1. The lowest BCUT2D eigenvalue weighted by Crippen LogP contribution is -2.00. The first kappa shape index (κ1) is 11.5. The Labute approximate surface area is 108 Å². The zero-order chi connectivity index (χ0) is 13.4. The molecule has 0 aliphatic carbocycles. The molecule has 0 saturated heterocycles. The molecule has 0 radical (unpaired) electrons. The van der Waals surface area contributed by atoms with Crippen LogP contribution in [0.15, 0.2) is 35.1 Å². The molecule has 0 bridgehead atoms. The molecule has 6 heteroatoms. The standard InChI is InChI=1S/C13H11N3O3/c1-8-11(15-19-14-8)7-16-5-4-9-6-10(13(17)18)2-3-12(9)16/h2-6H,7H2,1H3,(H,17,18). The van der Waals surface area contributed by atoms with Crippen LogP contribution in [-0.4, -0.2) is 26.0 Å². The molecule has 0 aliphatic rings. The lowest BCUT2D eigenvalue weighted by atomic mass is 10.1. The number of nitrogens with zero attached hydrogens (tertiary/aromatic N) is 3. The molecule has 6 nitrogen and oxygen atoms in total. The molecule has 2 aromatic heterocycles. The third-order valence-electron chi connectivity index (χ3n) is 3.08. The first-order valence-electron chi connectivity index (χ1n) is 5.75. The quantitative estimate of drug-likeness (QED) is 0.776. The number of carbonyl (C=O) groups is 1. The van der Waals surface area contributed by atoms with Gasteiger partial charge in [-0.25, -0.2) is 9.42 Å². The molecule has 0 atom stereocenters. The van der Waals surface area contributed by atoms with E-state index in [9.17, 15) is 4.79 Å². The van der Waals surface area contributed by atoms with E-state index >= 15 is 0 Å². The van der Waals surface area contributed by atoms with Crippen molar-refractivity contribution in [3.63, 3.8) is 0 Å². The van der Waals surface area contributed by atoms with Gasteiger partial charge >= 0.3 is 5.97 Å². The van der Waals surface area contributed by atoms with E-state index in [1.165, 1.54) is 0 Å². The van der Waals surface area contributed by atoms with Gasteiger partial charge < -0.3 is 9.67 Å². The maximum atomic E-state index is 10.9. The molecule has 0 unspecified atom stereocenters. The molecule has 3 aromatic rings. The molecule has 19 heavy (non-hydrogen) atoms. The van der Waals surface area contributed by atoms with Crippen LogP contribution in [0.4, 0.5) is 0 Å². The molecule has 0 spiro atoms. The molecule has 1 aromatic carbocycles. The number of carboxylic acid groups (broad SMARTS) is 1. The highest BCUT2D eigenvalue weighted by atomic mass is 16.6. The molecule has 2 heterocycles. The van der Waals surface area contributed by atoms with E-state index in [0.717, 1.165) is 22.3 Å². The van der Waals surface area contributed by atoms with Crippen LogP contribution in [0.2, 0.25) is 0 Å². The van der Waals surface area contributed by atoms with E-state index in [0.29, 0.717) is 6.54 Å². The van der Waals surface area contributed by atoms with Crippen LogP contribution in [0.5, 0.6) is 0 Å². The Hall–Kier alpha value is -2.63. The summed E-state index contributed by atoms with van der Waals surface area (Å²) in [6, 6.07) is 6.92. The summed E-state index contributed by atoms with van der Waals surface area (Å²) < 4.78 is 6.65. The van der Waals surface area contributed by atoms with Gasteiger partial charge in [0.25, 0.3) is 0 Å². The van der Waals surface area contributed by atoms with Crippen molar-refractivity contribution in [1.29, 1.82) is 0 Å². The molecule has 0 fully saturated rings. The van der Waals surface area contributed by atoms with Gasteiger partial charge in [0.05, 0.1) is 12.1 Å². The normalized spacial score (nSPS) is 11.0. The number of benzene rings is 1. The third kappa shape index (κ3) is 1.97. The van der Waals surface area contributed by atoms with E-state index in [1.807, 2.05) is 23.8 Å². The van der Waals surface area contributed by atoms with Crippen LogP contribution in [0.25, 0.3) is 10.9 Å². The van der Waals surface area contributed by atoms with Crippen LogP contribution >= 0.6 is 0 Å². The number of aryl methyl sites for hydroxylation is 1. The van der Waals surface area contributed by atoms with Gasteiger partial charge in [0.1, 0.15) is 11.4 Å². The van der Waals surface area contributed by atoms with Crippen molar-refractivity contribution in [2.45, 2.75) is 13.5 Å². The summed E-state index contributed by atoms with van der Waals surface area (Å²) in [5, 5.41) is 17.4. The van der Waals surface area contributed by atoms with Crippen molar-refractivity contribution >= 4 is 16.9 Å². The summed E-state index contributed by atoms with van der Waals surface area (Å²) in [7, 11) is 0. The predicted molar refractivity (Wildman–Crippen MR) is 67.0 cm³/mol. The third-order valence-corrected chi connectivity index (χ3v) is 3.08. The fourth-order valence-corrected chi connectivity index (χ4v) is 2.03. The highest BCUT2D eigenvalue weighted by Crippen LogP contribution is 2.19. The second-order valence-corrected chi connectivity index (χ2v) is 4.32. The van der Waals surface area contributed by atoms with Crippen molar-refractivity contribution in [3.8, 4) is 0 Å². The minimum atomic E-state index is -0.925. The molecule has 1 N–H and O–H groups in total. The number of rotatable bonds is 3. The van der Waals surface area contributed by atoms with Crippen molar-refractivity contribution in [2.75, 3.05) is 0 Å². The van der Waals surface area contributed by atoms with Crippen molar-refractivity contribution in [2.24, 2.45) is 0 Å². The average Bonchev–Trinajstić information content (AvgIpc) is 2.97. The number of hydrogen-bond acceptors (Lipinski definition) is 4. The zero-order valence-electron chi connectivity index (χ0n) is 10.2. The van der Waals surface area contributed by atoms with E-state index < -0.39 is 5.97 Å². The average molecular weight is 257 g/mol. The van der Waals surface area contributed by atoms with Crippen molar-refractivity contribution in [3.05, 3.63) is 47.4 Å². The highest BCUT2D eigenvalue weighted by molar-refractivity contribution is 5.93. The van der Waals surface area contributed by atoms with Crippen LogP contribution in [0.1, 0.15) is 21.7 Å². The van der Waals surface area contributed by atoms with E-state index in [2.05, 4.69) is 14.9 Å². The van der Waals surface area contributed by atoms with Crippen LogP contribution in [0, 0.1) is 6.92 Å². The Bertz CT molecular complexity index is 757. The van der Waals surface area contributed by atoms with E-state index in [4.69, 9.17) is 5.11 Å². The van der Waals surface area contributed by atoms with Crippen LogP contribution in [0.3, 0.4) is 0 Å². The fraction of sp³-hybridized carbons (Fsp3) is 0.154. The molecule has 0 amide bonds. The Kier molecular flexibility index (Phi) is 2.56. The minimum Gasteiger partial charge on any atom is -0.478 e.